The molecule has 0 saturated heterocycles. The Hall–Kier alpha value is 0.110. The lowest BCUT2D eigenvalue weighted by atomic mass is 9.95. The maximum atomic E-state index is 6.04. The van der Waals surface area contributed by atoms with E-state index in [2.05, 4.69) is 0 Å². The van der Waals surface area contributed by atoms with E-state index < -0.39 is 0 Å². The maximum absolute atomic E-state index is 6.04. The van der Waals surface area contributed by atoms with Crippen LogP contribution in [0.4, 0.5) is 0 Å². The van der Waals surface area contributed by atoms with Gasteiger partial charge < -0.3 is 5.73 Å². The van der Waals surface area contributed by atoms with E-state index in [1.54, 1.807) is 0 Å². The van der Waals surface area contributed by atoms with E-state index in [1.165, 1.54) is 16.9 Å². The van der Waals surface area contributed by atoms with Crippen molar-refractivity contribution in [2.45, 2.75) is 23.7 Å². The molecule has 1 aromatic carbocycles. The van der Waals surface area contributed by atoms with Crippen molar-refractivity contribution in [1.29, 1.82) is 0 Å². The van der Waals surface area contributed by atoms with Crippen molar-refractivity contribution < 1.29 is 0 Å². The third kappa shape index (κ3) is 2.44. The second kappa shape index (κ2) is 4.96. The molecular weight excluding hydrogens is 249 g/mol. The number of rotatable bonds is 1. The Morgan fingerprint density at radius 2 is 2.07 bits per heavy atom. The lowest BCUT2D eigenvalue weighted by Crippen LogP contribution is -2.12. The summed E-state index contributed by atoms with van der Waals surface area (Å²) >= 11 is 13.9. The van der Waals surface area contributed by atoms with Crippen LogP contribution in [0.25, 0.3) is 0 Å². The van der Waals surface area contributed by atoms with Crippen molar-refractivity contribution >= 4 is 35.0 Å². The summed E-state index contributed by atoms with van der Waals surface area (Å²) in [4.78, 5) is 1.25. The van der Waals surface area contributed by atoms with Crippen LogP contribution in [0.5, 0.6) is 0 Å². The SMILES string of the molecule is NCC1CCCSc2cc(Cl)c(Cl)cc21. The Labute approximate surface area is 104 Å². The molecule has 0 saturated carbocycles. The summed E-state index contributed by atoms with van der Waals surface area (Å²) < 4.78 is 0. The molecule has 0 spiro atoms. The van der Waals surface area contributed by atoms with Crippen LogP contribution in [0.2, 0.25) is 10.0 Å². The second-order valence-corrected chi connectivity index (χ2v) is 5.68. The third-order valence-corrected chi connectivity index (χ3v) is 4.61. The summed E-state index contributed by atoms with van der Waals surface area (Å²) in [6.07, 6.45) is 2.35. The smallest absolute Gasteiger partial charge is 0.0603 e. The number of thioether (sulfide) groups is 1. The van der Waals surface area contributed by atoms with E-state index in [4.69, 9.17) is 28.9 Å². The van der Waals surface area contributed by atoms with Gasteiger partial charge in [0, 0.05) is 4.90 Å². The predicted molar refractivity (Wildman–Crippen MR) is 68.2 cm³/mol. The fraction of sp³-hybridized carbons (Fsp3) is 0.455. The average molecular weight is 262 g/mol. The van der Waals surface area contributed by atoms with Gasteiger partial charge in [0.05, 0.1) is 10.0 Å². The van der Waals surface area contributed by atoms with E-state index in [1.807, 2.05) is 23.9 Å². The summed E-state index contributed by atoms with van der Waals surface area (Å²) in [5, 5.41) is 1.27. The highest BCUT2D eigenvalue weighted by Gasteiger charge is 2.19. The van der Waals surface area contributed by atoms with E-state index >= 15 is 0 Å². The van der Waals surface area contributed by atoms with Gasteiger partial charge in [-0.15, -0.1) is 11.8 Å². The van der Waals surface area contributed by atoms with E-state index in [0.29, 0.717) is 22.5 Å². The minimum atomic E-state index is 0.435. The molecule has 1 aliphatic rings. The number of hydrogen-bond donors (Lipinski definition) is 1. The lowest BCUT2D eigenvalue weighted by molar-refractivity contribution is 0.623. The number of halogens is 2. The molecule has 0 aliphatic carbocycles. The zero-order chi connectivity index (χ0) is 10.8. The van der Waals surface area contributed by atoms with Crippen molar-refractivity contribution in [3.8, 4) is 0 Å². The molecule has 0 fully saturated rings. The van der Waals surface area contributed by atoms with E-state index in [9.17, 15) is 0 Å². The molecule has 82 valence electrons. The van der Waals surface area contributed by atoms with E-state index in [-0.39, 0.29) is 0 Å². The van der Waals surface area contributed by atoms with Crippen LogP contribution >= 0.6 is 35.0 Å². The zero-order valence-corrected chi connectivity index (χ0v) is 10.6. The summed E-state index contributed by atoms with van der Waals surface area (Å²) in [7, 11) is 0. The molecule has 1 unspecified atom stereocenters. The Morgan fingerprint density at radius 3 is 2.80 bits per heavy atom. The highest BCUT2D eigenvalue weighted by atomic mass is 35.5. The first-order valence-electron chi connectivity index (χ1n) is 5.04. The molecule has 2 rings (SSSR count). The van der Waals surface area contributed by atoms with Gasteiger partial charge in [0.25, 0.3) is 0 Å². The van der Waals surface area contributed by atoms with Gasteiger partial charge in [-0.25, -0.2) is 0 Å². The molecule has 1 nitrogen and oxygen atoms in total. The normalized spacial score (nSPS) is 20.9. The van der Waals surface area contributed by atoms with Crippen LogP contribution < -0.4 is 5.73 Å². The Morgan fingerprint density at radius 1 is 1.33 bits per heavy atom. The van der Waals surface area contributed by atoms with Crippen molar-refractivity contribution in [3.05, 3.63) is 27.7 Å². The average Bonchev–Trinajstić information content (AvgIpc) is 2.41. The summed E-state index contributed by atoms with van der Waals surface area (Å²) in [5.41, 5.74) is 7.06. The molecule has 1 heterocycles. The van der Waals surface area contributed by atoms with Gasteiger partial charge in [0.15, 0.2) is 0 Å². The summed E-state index contributed by atoms with van der Waals surface area (Å²) in [6.45, 7) is 0.686. The molecule has 1 atom stereocenters. The number of hydrogen-bond acceptors (Lipinski definition) is 2. The molecule has 4 heteroatoms. The Balaban J connectivity index is 2.46. The first-order valence-corrected chi connectivity index (χ1v) is 6.78. The fourth-order valence-electron chi connectivity index (χ4n) is 1.90. The van der Waals surface area contributed by atoms with Crippen molar-refractivity contribution in [2.75, 3.05) is 12.3 Å². The predicted octanol–water partition coefficient (Wildman–Crippen LogP) is 3.92. The summed E-state index contributed by atoms with van der Waals surface area (Å²) in [5.74, 6) is 1.58. The quantitative estimate of drug-likeness (QED) is 0.830. The van der Waals surface area contributed by atoms with Crippen molar-refractivity contribution in [1.82, 2.24) is 0 Å². The minimum absolute atomic E-state index is 0.435. The zero-order valence-electron chi connectivity index (χ0n) is 8.30. The molecule has 1 aliphatic heterocycles. The molecule has 0 radical (unpaired) electrons. The number of benzene rings is 1. The van der Waals surface area contributed by atoms with Crippen LogP contribution in [0.3, 0.4) is 0 Å². The van der Waals surface area contributed by atoms with Gasteiger partial charge in [-0.1, -0.05) is 23.2 Å². The van der Waals surface area contributed by atoms with Gasteiger partial charge in [0.2, 0.25) is 0 Å². The summed E-state index contributed by atoms with van der Waals surface area (Å²) in [6, 6.07) is 3.95. The monoisotopic (exact) mass is 261 g/mol. The molecule has 1 aromatic rings. The van der Waals surface area contributed by atoms with Gasteiger partial charge in [-0.2, -0.15) is 0 Å². The Kier molecular flexibility index (Phi) is 3.83. The van der Waals surface area contributed by atoms with E-state index in [0.717, 1.165) is 12.2 Å². The molecule has 0 amide bonds. The maximum Gasteiger partial charge on any atom is 0.0603 e. The van der Waals surface area contributed by atoms with Gasteiger partial charge >= 0.3 is 0 Å². The third-order valence-electron chi connectivity index (χ3n) is 2.73. The highest BCUT2D eigenvalue weighted by molar-refractivity contribution is 7.99. The standard InChI is InChI=1S/C11H13Cl2NS/c12-9-4-8-7(6-14)2-1-3-15-11(8)5-10(9)13/h4-5,7H,1-3,6,14H2. The molecule has 0 aromatic heterocycles. The van der Waals surface area contributed by atoms with Crippen LogP contribution in [-0.4, -0.2) is 12.3 Å². The number of fused-ring (bicyclic) bond motifs is 1. The first-order chi connectivity index (χ1) is 7.22. The van der Waals surface area contributed by atoms with Crippen molar-refractivity contribution in [3.63, 3.8) is 0 Å². The van der Waals surface area contributed by atoms with Crippen LogP contribution in [0.1, 0.15) is 24.3 Å². The van der Waals surface area contributed by atoms with Gasteiger partial charge in [0.1, 0.15) is 0 Å². The Bertz CT molecular complexity index is 368. The molecule has 2 N–H and O–H groups in total. The van der Waals surface area contributed by atoms with Crippen molar-refractivity contribution in [2.24, 2.45) is 5.73 Å². The van der Waals surface area contributed by atoms with Crippen LogP contribution in [0.15, 0.2) is 17.0 Å². The first kappa shape index (κ1) is 11.6. The fourth-order valence-corrected chi connectivity index (χ4v) is 3.43. The molecule has 15 heavy (non-hydrogen) atoms. The van der Waals surface area contributed by atoms with Crippen LogP contribution in [-0.2, 0) is 0 Å². The lowest BCUT2D eigenvalue weighted by Gasteiger charge is -2.15. The van der Waals surface area contributed by atoms with Gasteiger partial charge in [-0.3, -0.25) is 0 Å². The highest BCUT2D eigenvalue weighted by Crippen LogP contribution is 2.39. The second-order valence-electron chi connectivity index (χ2n) is 3.73. The van der Waals surface area contributed by atoms with Crippen LogP contribution in [0, 0.1) is 0 Å². The molecule has 0 bridgehead atoms. The van der Waals surface area contributed by atoms with Gasteiger partial charge in [-0.05, 0) is 48.8 Å². The minimum Gasteiger partial charge on any atom is -0.330 e. The topological polar surface area (TPSA) is 26.0 Å². The number of nitrogens with two attached hydrogens (primary N) is 1. The largest absolute Gasteiger partial charge is 0.330 e. The molecular formula is C11H13Cl2NS.